The Labute approximate surface area is 205 Å². The average Bonchev–Trinajstić information content (AvgIpc) is 3.40. The second kappa shape index (κ2) is 10.6. The van der Waals surface area contributed by atoms with Crippen molar-refractivity contribution in [1.82, 2.24) is 4.90 Å². The van der Waals surface area contributed by atoms with E-state index in [-0.39, 0.29) is 29.3 Å². The lowest BCUT2D eigenvalue weighted by molar-refractivity contribution is -0.123. The number of carbonyl (C=O) groups excluding carboxylic acids is 3. The van der Waals surface area contributed by atoms with Gasteiger partial charge in [-0.05, 0) is 55.1 Å². The van der Waals surface area contributed by atoms with Crippen molar-refractivity contribution < 1.29 is 28.3 Å². The molecule has 0 bridgehead atoms. The van der Waals surface area contributed by atoms with Crippen LogP contribution >= 0.6 is 23.4 Å². The van der Waals surface area contributed by atoms with Gasteiger partial charge < -0.3 is 13.9 Å². The highest BCUT2D eigenvalue weighted by atomic mass is 35.5. The lowest BCUT2D eigenvalue weighted by Gasteiger charge is -2.13. The number of ether oxygens (including phenoxy) is 2. The van der Waals surface area contributed by atoms with Crippen molar-refractivity contribution in [3.8, 4) is 17.1 Å². The first-order valence-electron chi connectivity index (χ1n) is 10.5. The molecule has 1 aliphatic heterocycles. The van der Waals surface area contributed by atoms with E-state index < -0.39 is 5.91 Å². The topological polar surface area (TPSA) is 86.0 Å². The fourth-order valence-electron chi connectivity index (χ4n) is 3.20. The van der Waals surface area contributed by atoms with E-state index in [0.29, 0.717) is 34.5 Å². The standard InChI is InChI=1S/C25H20ClNO6S/c1-2-31-24(29)17-9-7-16(8-10-17)20-12-11-18(33-20)15-22-23(28)27(25(30)34-22)13-14-32-21-6-4-3-5-19(21)26/h3-12,15H,2,13-14H2,1H3/b22-15-. The summed E-state index contributed by atoms with van der Waals surface area (Å²) in [5, 5.41) is 0.0843. The molecule has 0 saturated carbocycles. The summed E-state index contributed by atoms with van der Waals surface area (Å²) in [5.74, 6) is 0.693. The number of hydrogen-bond acceptors (Lipinski definition) is 7. The molecule has 1 aromatic heterocycles. The third kappa shape index (κ3) is 5.35. The van der Waals surface area contributed by atoms with E-state index in [2.05, 4.69) is 0 Å². The molecule has 4 rings (SSSR count). The van der Waals surface area contributed by atoms with Crippen LogP contribution in [0.3, 0.4) is 0 Å². The summed E-state index contributed by atoms with van der Waals surface area (Å²) in [4.78, 5) is 38.2. The molecule has 1 fully saturated rings. The van der Waals surface area contributed by atoms with Gasteiger partial charge in [0.2, 0.25) is 0 Å². The van der Waals surface area contributed by atoms with E-state index in [4.69, 9.17) is 25.5 Å². The number of rotatable bonds is 8. The van der Waals surface area contributed by atoms with Gasteiger partial charge in [0.15, 0.2) is 0 Å². The normalized spacial score (nSPS) is 14.6. The molecule has 0 aliphatic carbocycles. The van der Waals surface area contributed by atoms with Gasteiger partial charge in [-0.2, -0.15) is 0 Å². The number of hydrogen-bond donors (Lipinski definition) is 0. The maximum atomic E-state index is 12.7. The van der Waals surface area contributed by atoms with Crippen molar-refractivity contribution in [1.29, 1.82) is 0 Å². The molecular formula is C25H20ClNO6S. The van der Waals surface area contributed by atoms with E-state index in [9.17, 15) is 14.4 Å². The summed E-state index contributed by atoms with van der Waals surface area (Å²) in [5.41, 5.74) is 1.21. The number of carbonyl (C=O) groups is 3. The monoisotopic (exact) mass is 497 g/mol. The Morgan fingerprint density at radius 3 is 2.59 bits per heavy atom. The summed E-state index contributed by atoms with van der Waals surface area (Å²) in [6.45, 7) is 2.28. The van der Waals surface area contributed by atoms with Crippen LogP contribution in [0.1, 0.15) is 23.0 Å². The Morgan fingerprint density at radius 2 is 1.85 bits per heavy atom. The fourth-order valence-corrected chi connectivity index (χ4v) is 4.24. The number of imide groups is 1. The lowest BCUT2D eigenvalue weighted by atomic mass is 10.1. The Balaban J connectivity index is 1.40. The summed E-state index contributed by atoms with van der Waals surface area (Å²) < 4.78 is 16.4. The molecule has 1 aliphatic rings. The minimum Gasteiger partial charge on any atom is -0.490 e. The average molecular weight is 498 g/mol. The predicted octanol–water partition coefficient (Wildman–Crippen LogP) is 5.89. The van der Waals surface area contributed by atoms with Crippen molar-refractivity contribution in [2.75, 3.05) is 19.8 Å². The summed E-state index contributed by atoms with van der Waals surface area (Å²) in [6.07, 6.45) is 1.54. The zero-order valence-corrected chi connectivity index (χ0v) is 19.7. The molecule has 34 heavy (non-hydrogen) atoms. The Bertz CT molecular complexity index is 1250. The van der Waals surface area contributed by atoms with Crippen LogP contribution in [0.15, 0.2) is 70.0 Å². The zero-order chi connectivity index (χ0) is 24.1. The number of esters is 1. The molecule has 0 N–H and O–H groups in total. The van der Waals surface area contributed by atoms with Gasteiger partial charge in [-0.1, -0.05) is 35.9 Å². The minimum atomic E-state index is -0.408. The first-order chi connectivity index (χ1) is 16.5. The van der Waals surface area contributed by atoms with Gasteiger partial charge in [0.25, 0.3) is 11.1 Å². The number of para-hydroxylation sites is 1. The van der Waals surface area contributed by atoms with Crippen LogP contribution in [-0.2, 0) is 9.53 Å². The van der Waals surface area contributed by atoms with Crippen LogP contribution in [0.2, 0.25) is 5.02 Å². The maximum Gasteiger partial charge on any atom is 0.338 e. The maximum absolute atomic E-state index is 12.7. The van der Waals surface area contributed by atoms with Crippen LogP contribution in [-0.4, -0.2) is 41.8 Å². The van der Waals surface area contributed by atoms with E-state index in [1.807, 2.05) is 0 Å². The number of nitrogens with zero attached hydrogens (tertiary/aromatic N) is 1. The molecule has 0 atom stereocenters. The van der Waals surface area contributed by atoms with Crippen molar-refractivity contribution in [2.24, 2.45) is 0 Å². The molecule has 1 saturated heterocycles. The lowest BCUT2D eigenvalue weighted by Crippen LogP contribution is -2.32. The van der Waals surface area contributed by atoms with Gasteiger partial charge in [-0.15, -0.1) is 0 Å². The first kappa shape index (κ1) is 23.7. The van der Waals surface area contributed by atoms with Gasteiger partial charge in [-0.3, -0.25) is 14.5 Å². The molecular weight excluding hydrogens is 478 g/mol. The van der Waals surface area contributed by atoms with Crippen LogP contribution in [0.5, 0.6) is 5.75 Å². The number of furan rings is 1. The third-order valence-corrected chi connectivity index (χ3v) is 6.08. The second-order valence-electron chi connectivity index (χ2n) is 7.11. The highest BCUT2D eigenvalue weighted by Crippen LogP contribution is 2.33. The van der Waals surface area contributed by atoms with Gasteiger partial charge >= 0.3 is 5.97 Å². The quantitative estimate of drug-likeness (QED) is 0.283. The van der Waals surface area contributed by atoms with Gasteiger partial charge in [-0.25, -0.2) is 4.79 Å². The van der Waals surface area contributed by atoms with Crippen LogP contribution in [0.25, 0.3) is 17.4 Å². The molecule has 2 aromatic carbocycles. The molecule has 3 aromatic rings. The van der Waals surface area contributed by atoms with E-state index in [1.54, 1.807) is 67.6 Å². The molecule has 7 nitrogen and oxygen atoms in total. The van der Waals surface area contributed by atoms with Gasteiger partial charge in [0.1, 0.15) is 23.9 Å². The van der Waals surface area contributed by atoms with Crippen molar-refractivity contribution in [2.45, 2.75) is 6.92 Å². The van der Waals surface area contributed by atoms with E-state index in [0.717, 1.165) is 22.2 Å². The van der Waals surface area contributed by atoms with Crippen molar-refractivity contribution in [3.63, 3.8) is 0 Å². The number of benzene rings is 2. The molecule has 2 heterocycles. The smallest absolute Gasteiger partial charge is 0.338 e. The number of amides is 2. The van der Waals surface area contributed by atoms with Gasteiger partial charge in [0, 0.05) is 11.6 Å². The Kier molecular flexibility index (Phi) is 7.40. The third-order valence-electron chi connectivity index (χ3n) is 4.86. The summed E-state index contributed by atoms with van der Waals surface area (Å²) >= 11 is 6.90. The number of halogens is 1. The van der Waals surface area contributed by atoms with Gasteiger partial charge in [0.05, 0.1) is 28.6 Å². The first-order valence-corrected chi connectivity index (χ1v) is 11.7. The Hall–Kier alpha value is -3.49. The molecule has 0 spiro atoms. The van der Waals surface area contributed by atoms with E-state index >= 15 is 0 Å². The molecule has 2 amide bonds. The zero-order valence-electron chi connectivity index (χ0n) is 18.2. The van der Waals surface area contributed by atoms with Crippen LogP contribution in [0, 0.1) is 0 Å². The SMILES string of the molecule is CCOC(=O)c1ccc(-c2ccc(/C=C3\SC(=O)N(CCOc4ccccc4Cl)C3=O)o2)cc1. The fraction of sp³-hybridized carbons (Fsp3) is 0.160. The van der Waals surface area contributed by atoms with Crippen LogP contribution in [0.4, 0.5) is 4.79 Å². The summed E-state index contributed by atoms with van der Waals surface area (Å²) in [7, 11) is 0. The summed E-state index contributed by atoms with van der Waals surface area (Å²) in [6, 6.07) is 17.3. The predicted molar refractivity (Wildman–Crippen MR) is 130 cm³/mol. The number of thioether (sulfide) groups is 1. The molecule has 0 unspecified atom stereocenters. The largest absolute Gasteiger partial charge is 0.490 e. The van der Waals surface area contributed by atoms with Crippen molar-refractivity contribution in [3.05, 3.63) is 81.9 Å². The Morgan fingerprint density at radius 1 is 1.09 bits per heavy atom. The highest BCUT2D eigenvalue weighted by Gasteiger charge is 2.35. The molecule has 9 heteroatoms. The molecule has 0 radical (unpaired) electrons. The molecule has 174 valence electrons. The van der Waals surface area contributed by atoms with Crippen molar-refractivity contribution >= 4 is 46.6 Å². The highest BCUT2D eigenvalue weighted by molar-refractivity contribution is 8.18. The second-order valence-corrected chi connectivity index (χ2v) is 8.51. The minimum absolute atomic E-state index is 0.101. The van der Waals surface area contributed by atoms with E-state index in [1.165, 1.54) is 6.08 Å². The van der Waals surface area contributed by atoms with Crippen LogP contribution < -0.4 is 4.74 Å².